The lowest BCUT2D eigenvalue weighted by Gasteiger charge is -2.29. The third kappa shape index (κ3) is 3.95. The van der Waals surface area contributed by atoms with Crippen LogP contribution in [0.1, 0.15) is 35.3 Å². The minimum Gasteiger partial charge on any atom is -0.464 e. The van der Waals surface area contributed by atoms with E-state index < -0.39 is 17.4 Å². The zero-order valence-corrected chi connectivity index (χ0v) is 14.7. The van der Waals surface area contributed by atoms with Gasteiger partial charge in [-0.3, -0.25) is 4.79 Å². The molecule has 0 saturated heterocycles. The van der Waals surface area contributed by atoms with E-state index in [0.717, 1.165) is 5.56 Å². The van der Waals surface area contributed by atoms with Crippen LogP contribution in [0, 0.1) is 6.92 Å². The van der Waals surface area contributed by atoms with Crippen LogP contribution >= 0.6 is 11.6 Å². The molecule has 0 heterocycles. The second-order valence-electron chi connectivity index (χ2n) is 5.68. The van der Waals surface area contributed by atoms with Crippen molar-refractivity contribution in [3.05, 3.63) is 70.2 Å². The fourth-order valence-electron chi connectivity index (χ4n) is 2.33. The van der Waals surface area contributed by atoms with Crippen molar-refractivity contribution in [3.8, 4) is 0 Å². The van der Waals surface area contributed by atoms with Gasteiger partial charge in [0, 0.05) is 10.6 Å². The van der Waals surface area contributed by atoms with Crippen LogP contribution in [0.3, 0.4) is 0 Å². The maximum Gasteiger partial charge on any atom is 0.336 e. The number of carbonyl (C=O) groups excluding carboxylic acids is 2. The molecule has 1 atom stereocenters. The number of nitrogens with one attached hydrogen (secondary N) is 1. The molecule has 5 heteroatoms. The molecule has 0 fully saturated rings. The Balaban J connectivity index is 2.37. The van der Waals surface area contributed by atoms with E-state index >= 15 is 0 Å². The van der Waals surface area contributed by atoms with Crippen molar-refractivity contribution in [3.63, 3.8) is 0 Å². The number of carbonyl (C=O) groups is 2. The molecule has 1 N–H and O–H groups in total. The second-order valence-corrected chi connectivity index (χ2v) is 6.11. The zero-order chi connectivity index (χ0) is 17.7. The number of benzene rings is 2. The Labute approximate surface area is 146 Å². The highest BCUT2D eigenvalue weighted by Gasteiger charge is 2.38. The third-order valence-electron chi connectivity index (χ3n) is 3.76. The van der Waals surface area contributed by atoms with Crippen molar-refractivity contribution in [1.82, 2.24) is 5.32 Å². The standard InChI is InChI=1S/C19H20ClNO3/c1-4-24-18(23)19(3,15-10-8-13(2)9-11-15)21-17(22)14-6-5-7-16(20)12-14/h5-12H,4H2,1-3H3,(H,21,22). The molecule has 0 aromatic heterocycles. The summed E-state index contributed by atoms with van der Waals surface area (Å²) in [5, 5.41) is 3.24. The quantitative estimate of drug-likeness (QED) is 0.837. The maximum absolute atomic E-state index is 12.6. The lowest BCUT2D eigenvalue weighted by atomic mass is 9.91. The maximum atomic E-state index is 12.6. The normalized spacial score (nSPS) is 13.0. The number of hydrogen-bond donors (Lipinski definition) is 1. The Hall–Kier alpha value is -2.33. The molecule has 126 valence electrons. The van der Waals surface area contributed by atoms with Gasteiger partial charge in [0.15, 0.2) is 5.54 Å². The first-order valence-corrected chi connectivity index (χ1v) is 8.07. The molecule has 0 radical (unpaired) electrons. The van der Waals surface area contributed by atoms with E-state index in [4.69, 9.17) is 16.3 Å². The molecule has 1 unspecified atom stereocenters. The van der Waals surface area contributed by atoms with Gasteiger partial charge in [-0.25, -0.2) is 4.79 Å². The Bertz CT molecular complexity index is 743. The molecule has 0 saturated carbocycles. The van der Waals surface area contributed by atoms with Gasteiger partial charge in [0.25, 0.3) is 5.91 Å². The van der Waals surface area contributed by atoms with Gasteiger partial charge >= 0.3 is 5.97 Å². The molecule has 2 aromatic carbocycles. The molecule has 0 aliphatic rings. The van der Waals surface area contributed by atoms with Gasteiger partial charge < -0.3 is 10.1 Å². The van der Waals surface area contributed by atoms with E-state index in [1.165, 1.54) is 0 Å². The Morgan fingerprint density at radius 1 is 1.17 bits per heavy atom. The van der Waals surface area contributed by atoms with Gasteiger partial charge in [-0.2, -0.15) is 0 Å². The van der Waals surface area contributed by atoms with Gasteiger partial charge in [-0.1, -0.05) is 47.5 Å². The predicted octanol–water partition coefficient (Wildman–Crippen LogP) is 3.86. The molecule has 1 amide bonds. The van der Waals surface area contributed by atoms with Crippen molar-refractivity contribution in [1.29, 1.82) is 0 Å². The number of ether oxygens (including phenoxy) is 1. The first-order valence-electron chi connectivity index (χ1n) is 7.69. The summed E-state index contributed by atoms with van der Waals surface area (Å²) in [4.78, 5) is 25.1. The van der Waals surface area contributed by atoms with Crippen LogP contribution in [0.25, 0.3) is 0 Å². The topological polar surface area (TPSA) is 55.4 Å². The van der Waals surface area contributed by atoms with E-state index in [-0.39, 0.29) is 6.61 Å². The van der Waals surface area contributed by atoms with Crippen molar-refractivity contribution < 1.29 is 14.3 Å². The zero-order valence-electron chi connectivity index (χ0n) is 13.9. The fraction of sp³-hybridized carbons (Fsp3) is 0.263. The van der Waals surface area contributed by atoms with Gasteiger partial charge in [-0.15, -0.1) is 0 Å². The van der Waals surface area contributed by atoms with Crippen LogP contribution in [0.5, 0.6) is 0 Å². The molecular weight excluding hydrogens is 326 g/mol. The van der Waals surface area contributed by atoms with Gasteiger partial charge in [-0.05, 0) is 44.5 Å². The summed E-state index contributed by atoms with van der Waals surface area (Å²) in [6, 6.07) is 14.0. The molecule has 4 nitrogen and oxygen atoms in total. The number of halogens is 1. The summed E-state index contributed by atoms with van der Waals surface area (Å²) in [6.07, 6.45) is 0. The van der Waals surface area contributed by atoms with Gasteiger partial charge in [0.05, 0.1) is 6.61 Å². The third-order valence-corrected chi connectivity index (χ3v) is 4.00. The molecule has 24 heavy (non-hydrogen) atoms. The van der Waals surface area contributed by atoms with E-state index in [1.807, 2.05) is 31.2 Å². The largest absolute Gasteiger partial charge is 0.464 e. The SMILES string of the molecule is CCOC(=O)C(C)(NC(=O)c1cccc(Cl)c1)c1ccc(C)cc1. The summed E-state index contributed by atoms with van der Waals surface area (Å²) >= 11 is 5.94. The Kier molecular flexibility index (Phi) is 5.62. The van der Waals surface area contributed by atoms with E-state index in [2.05, 4.69) is 5.32 Å². The highest BCUT2D eigenvalue weighted by molar-refractivity contribution is 6.31. The first kappa shape index (κ1) is 18.0. The number of hydrogen-bond acceptors (Lipinski definition) is 3. The number of rotatable bonds is 5. The van der Waals surface area contributed by atoms with Crippen LogP contribution in [0.15, 0.2) is 48.5 Å². The molecule has 2 rings (SSSR count). The molecule has 0 aliphatic carbocycles. The number of aryl methyl sites for hydroxylation is 1. The first-order chi connectivity index (χ1) is 11.4. The van der Waals surface area contributed by atoms with Crippen LogP contribution in [0.4, 0.5) is 0 Å². The van der Waals surface area contributed by atoms with E-state index in [1.54, 1.807) is 38.1 Å². The number of esters is 1. The monoisotopic (exact) mass is 345 g/mol. The summed E-state index contributed by atoms with van der Waals surface area (Å²) in [5.41, 5.74) is 0.807. The van der Waals surface area contributed by atoms with Crippen LogP contribution in [0.2, 0.25) is 5.02 Å². The summed E-state index contributed by atoms with van der Waals surface area (Å²) < 4.78 is 5.17. The smallest absolute Gasteiger partial charge is 0.336 e. The van der Waals surface area contributed by atoms with Crippen LogP contribution in [-0.4, -0.2) is 18.5 Å². The van der Waals surface area contributed by atoms with Crippen molar-refractivity contribution in [2.45, 2.75) is 26.3 Å². The van der Waals surface area contributed by atoms with Gasteiger partial charge in [0.2, 0.25) is 0 Å². The van der Waals surface area contributed by atoms with Crippen molar-refractivity contribution in [2.24, 2.45) is 0 Å². The van der Waals surface area contributed by atoms with Crippen molar-refractivity contribution in [2.75, 3.05) is 6.61 Å². The van der Waals surface area contributed by atoms with Crippen LogP contribution < -0.4 is 5.32 Å². The lowest BCUT2D eigenvalue weighted by molar-refractivity contribution is -0.150. The fourth-order valence-corrected chi connectivity index (χ4v) is 2.52. The highest BCUT2D eigenvalue weighted by atomic mass is 35.5. The second kappa shape index (κ2) is 7.49. The van der Waals surface area contributed by atoms with Crippen LogP contribution in [-0.2, 0) is 15.1 Å². The van der Waals surface area contributed by atoms with E-state index in [9.17, 15) is 9.59 Å². The number of amides is 1. The average Bonchev–Trinajstić information content (AvgIpc) is 2.55. The highest BCUT2D eigenvalue weighted by Crippen LogP contribution is 2.24. The summed E-state index contributed by atoms with van der Waals surface area (Å²) in [5.74, 6) is -0.905. The molecule has 2 aromatic rings. The molecule has 0 bridgehead atoms. The molecule has 0 spiro atoms. The summed E-state index contributed by atoms with van der Waals surface area (Å²) in [7, 11) is 0. The van der Waals surface area contributed by atoms with Crippen molar-refractivity contribution >= 4 is 23.5 Å². The Morgan fingerprint density at radius 3 is 2.42 bits per heavy atom. The Morgan fingerprint density at radius 2 is 1.83 bits per heavy atom. The summed E-state index contributed by atoms with van der Waals surface area (Å²) in [6.45, 7) is 5.55. The minimum absolute atomic E-state index is 0.229. The van der Waals surface area contributed by atoms with Gasteiger partial charge in [0.1, 0.15) is 0 Å². The van der Waals surface area contributed by atoms with E-state index in [0.29, 0.717) is 16.1 Å². The minimum atomic E-state index is -1.29. The average molecular weight is 346 g/mol. The lowest BCUT2D eigenvalue weighted by Crippen LogP contribution is -2.50. The molecular formula is C19H20ClNO3. The predicted molar refractivity (Wildman–Crippen MR) is 94.1 cm³/mol. The molecule has 0 aliphatic heterocycles.